The van der Waals surface area contributed by atoms with Crippen molar-refractivity contribution in [1.82, 2.24) is 0 Å². The Hall–Kier alpha value is -0.970. The highest BCUT2D eigenvalue weighted by molar-refractivity contribution is 5.72. The first-order valence-electron chi connectivity index (χ1n) is 4.24. The molecule has 0 aromatic heterocycles. The van der Waals surface area contributed by atoms with Crippen molar-refractivity contribution >= 4 is 5.97 Å². The van der Waals surface area contributed by atoms with Gasteiger partial charge in [0.15, 0.2) is 0 Å². The second kappa shape index (κ2) is 3.18. The number of terminal acetylenes is 1. The number of hydrogen-bond acceptors (Lipinski definition) is 2. The molecule has 0 spiro atoms. The van der Waals surface area contributed by atoms with Crippen LogP contribution in [0.25, 0.3) is 0 Å². The van der Waals surface area contributed by atoms with Gasteiger partial charge < -0.3 is 4.74 Å². The van der Waals surface area contributed by atoms with E-state index in [1.54, 1.807) is 0 Å². The van der Waals surface area contributed by atoms with Crippen LogP contribution in [0.4, 0.5) is 0 Å². The van der Waals surface area contributed by atoms with E-state index in [1.807, 2.05) is 13.8 Å². The summed E-state index contributed by atoms with van der Waals surface area (Å²) in [5.41, 5.74) is -0.303. The molecule has 2 unspecified atom stereocenters. The predicted molar refractivity (Wildman–Crippen MR) is 46.3 cm³/mol. The molecular weight excluding hydrogens is 152 g/mol. The quantitative estimate of drug-likeness (QED) is 0.461. The second-order valence-electron chi connectivity index (χ2n) is 3.70. The number of hydrogen-bond donors (Lipinski definition) is 0. The minimum atomic E-state index is -0.303. The van der Waals surface area contributed by atoms with Crippen LogP contribution < -0.4 is 0 Å². The summed E-state index contributed by atoms with van der Waals surface area (Å²) in [4.78, 5) is 10.9. The van der Waals surface area contributed by atoms with E-state index in [0.717, 1.165) is 12.8 Å². The lowest BCUT2D eigenvalue weighted by Gasteiger charge is -2.23. The molecule has 66 valence electrons. The van der Waals surface area contributed by atoms with E-state index in [0.29, 0.717) is 6.42 Å². The summed E-state index contributed by atoms with van der Waals surface area (Å²) >= 11 is 0. The predicted octanol–water partition coefficient (Wildman–Crippen LogP) is 1.74. The molecule has 0 saturated carbocycles. The Morgan fingerprint density at radius 2 is 2.50 bits per heavy atom. The van der Waals surface area contributed by atoms with E-state index in [4.69, 9.17) is 11.2 Å². The molecule has 1 saturated heterocycles. The average molecular weight is 166 g/mol. The lowest BCUT2D eigenvalue weighted by molar-refractivity contribution is -0.147. The molecule has 0 bridgehead atoms. The Balaban J connectivity index is 2.51. The number of ether oxygens (including phenoxy) is 1. The Morgan fingerprint density at radius 3 is 2.92 bits per heavy atom. The summed E-state index contributed by atoms with van der Waals surface area (Å²) in [5.74, 6) is 2.73. The van der Waals surface area contributed by atoms with E-state index < -0.39 is 0 Å². The van der Waals surface area contributed by atoms with Gasteiger partial charge in [0.05, 0.1) is 0 Å². The van der Waals surface area contributed by atoms with Crippen LogP contribution in [0.5, 0.6) is 0 Å². The first-order valence-corrected chi connectivity index (χ1v) is 4.24. The van der Waals surface area contributed by atoms with Crippen molar-refractivity contribution < 1.29 is 9.53 Å². The topological polar surface area (TPSA) is 26.3 Å². The normalized spacial score (nSPS) is 30.9. The van der Waals surface area contributed by atoms with Crippen LogP contribution in [0.3, 0.4) is 0 Å². The lowest BCUT2D eigenvalue weighted by atomic mass is 9.91. The van der Waals surface area contributed by atoms with Crippen LogP contribution in [0, 0.1) is 18.3 Å². The van der Waals surface area contributed by atoms with Crippen LogP contribution in [0.15, 0.2) is 0 Å². The molecule has 0 aromatic carbocycles. The summed E-state index contributed by atoms with van der Waals surface area (Å²) in [6, 6.07) is 0. The van der Waals surface area contributed by atoms with Crippen LogP contribution in [0.2, 0.25) is 0 Å². The summed E-state index contributed by atoms with van der Waals surface area (Å²) in [5, 5.41) is 0. The van der Waals surface area contributed by atoms with Crippen LogP contribution in [-0.2, 0) is 9.53 Å². The third kappa shape index (κ3) is 2.01. The first-order chi connectivity index (χ1) is 5.56. The van der Waals surface area contributed by atoms with Gasteiger partial charge in [-0.3, -0.25) is 4.79 Å². The fourth-order valence-electron chi connectivity index (χ4n) is 1.59. The Bertz CT molecular complexity index is 226. The SMILES string of the molecule is C#CC(C)CC1(C)CCC(=O)O1. The molecule has 2 atom stereocenters. The van der Waals surface area contributed by atoms with E-state index in [2.05, 4.69) is 5.92 Å². The van der Waals surface area contributed by atoms with Crippen molar-refractivity contribution in [3.8, 4) is 12.3 Å². The summed E-state index contributed by atoms with van der Waals surface area (Å²) in [6.45, 7) is 3.92. The molecule has 0 amide bonds. The number of carbonyl (C=O) groups excluding carboxylic acids is 1. The molecule has 2 heteroatoms. The molecule has 1 fully saturated rings. The standard InChI is InChI=1S/C10H14O2/c1-4-8(2)7-10(3)6-5-9(11)12-10/h1,8H,5-7H2,2-3H3. The molecule has 1 aliphatic heterocycles. The Kier molecular flexibility index (Phi) is 2.42. The fraction of sp³-hybridized carbons (Fsp3) is 0.700. The Morgan fingerprint density at radius 1 is 1.83 bits per heavy atom. The van der Waals surface area contributed by atoms with E-state index in [-0.39, 0.29) is 17.5 Å². The van der Waals surface area contributed by atoms with Crippen LogP contribution in [0.1, 0.15) is 33.1 Å². The molecule has 1 heterocycles. The third-order valence-corrected chi connectivity index (χ3v) is 2.24. The van der Waals surface area contributed by atoms with Crippen LogP contribution >= 0.6 is 0 Å². The van der Waals surface area contributed by atoms with Gasteiger partial charge in [0, 0.05) is 18.8 Å². The molecule has 1 aliphatic rings. The zero-order valence-corrected chi connectivity index (χ0v) is 7.59. The summed E-state index contributed by atoms with van der Waals surface area (Å²) < 4.78 is 5.19. The van der Waals surface area contributed by atoms with Gasteiger partial charge in [0.1, 0.15) is 5.60 Å². The van der Waals surface area contributed by atoms with Crippen molar-refractivity contribution in [3.05, 3.63) is 0 Å². The average Bonchev–Trinajstić information content (AvgIpc) is 2.30. The number of cyclic esters (lactones) is 1. The molecule has 2 nitrogen and oxygen atoms in total. The molecule has 1 rings (SSSR count). The van der Waals surface area contributed by atoms with Crippen LogP contribution in [-0.4, -0.2) is 11.6 Å². The van der Waals surface area contributed by atoms with Crippen molar-refractivity contribution in [3.63, 3.8) is 0 Å². The number of rotatable bonds is 2. The molecule has 0 aromatic rings. The van der Waals surface area contributed by atoms with Crippen molar-refractivity contribution in [2.45, 2.75) is 38.7 Å². The maximum atomic E-state index is 10.9. The molecule has 0 aliphatic carbocycles. The van der Waals surface area contributed by atoms with Gasteiger partial charge in [0.25, 0.3) is 0 Å². The van der Waals surface area contributed by atoms with E-state index in [9.17, 15) is 4.79 Å². The van der Waals surface area contributed by atoms with E-state index in [1.165, 1.54) is 0 Å². The number of esters is 1. The minimum Gasteiger partial charge on any atom is -0.459 e. The van der Waals surface area contributed by atoms with Crippen molar-refractivity contribution in [2.24, 2.45) is 5.92 Å². The smallest absolute Gasteiger partial charge is 0.306 e. The van der Waals surface area contributed by atoms with Gasteiger partial charge in [-0.2, -0.15) is 0 Å². The van der Waals surface area contributed by atoms with Crippen molar-refractivity contribution in [1.29, 1.82) is 0 Å². The monoisotopic (exact) mass is 166 g/mol. The minimum absolute atomic E-state index is 0.0956. The fourth-order valence-corrected chi connectivity index (χ4v) is 1.59. The van der Waals surface area contributed by atoms with Gasteiger partial charge in [-0.15, -0.1) is 12.3 Å². The Labute approximate surface area is 73.3 Å². The van der Waals surface area contributed by atoms with Gasteiger partial charge in [0.2, 0.25) is 0 Å². The maximum absolute atomic E-state index is 10.9. The zero-order chi connectivity index (χ0) is 9.19. The number of carbonyl (C=O) groups is 1. The van der Waals surface area contributed by atoms with Gasteiger partial charge >= 0.3 is 5.97 Å². The van der Waals surface area contributed by atoms with E-state index >= 15 is 0 Å². The molecule has 0 radical (unpaired) electrons. The van der Waals surface area contributed by atoms with Crippen molar-refractivity contribution in [2.75, 3.05) is 0 Å². The van der Waals surface area contributed by atoms with Gasteiger partial charge in [-0.25, -0.2) is 0 Å². The maximum Gasteiger partial charge on any atom is 0.306 e. The molecule has 0 N–H and O–H groups in total. The third-order valence-electron chi connectivity index (χ3n) is 2.24. The molecular formula is C10H14O2. The second-order valence-corrected chi connectivity index (χ2v) is 3.70. The van der Waals surface area contributed by atoms with Gasteiger partial charge in [-0.05, 0) is 13.3 Å². The summed E-state index contributed by atoms with van der Waals surface area (Å²) in [7, 11) is 0. The summed E-state index contributed by atoms with van der Waals surface area (Å²) in [6.07, 6.45) is 7.37. The highest BCUT2D eigenvalue weighted by Crippen LogP contribution is 2.31. The highest BCUT2D eigenvalue weighted by atomic mass is 16.6. The highest BCUT2D eigenvalue weighted by Gasteiger charge is 2.36. The largest absolute Gasteiger partial charge is 0.459 e. The zero-order valence-electron chi connectivity index (χ0n) is 7.59. The molecule has 12 heavy (non-hydrogen) atoms. The van der Waals surface area contributed by atoms with Gasteiger partial charge in [-0.1, -0.05) is 6.92 Å². The lowest BCUT2D eigenvalue weighted by Crippen LogP contribution is -2.26. The first kappa shape index (κ1) is 9.12.